The zero-order chi connectivity index (χ0) is 37.4. The van der Waals surface area contributed by atoms with E-state index in [4.69, 9.17) is 4.74 Å². The molecule has 18 heteroatoms. The van der Waals surface area contributed by atoms with Crippen molar-refractivity contribution in [1.29, 1.82) is 0 Å². The molecule has 53 heavy (non-hydrogen) atoms. The zero-order valence-electron chi connectivity index (χ0n) is 29.2. The summed E-state index contributed by atoms with van der Waals surface area (Å²) in [5, 5.41) is 19.7. The standard InChI is InChI=1S/C35H35FN6O7S4/c1-6-30-25(44)41-21-14-16-10-8-9-11-18(16)32(21,22(43)34(41,52-50-30)27(46)39(30)4)33-19-15-17(36)12-13-20(19)38-24(33)42-26(45)31(7-2)40(5)28(47)35(42,53-51-31)23(33)49-29(48)37-3/h8-13,15,21-24,38,43H,6-7,14H2,1-5H3,(H,37,48)/t21-,22-,23-,24+,30-,31-,32-,33+,34-,35-/m0/s1. The fraction of sp³-hybridized carbons (Fsp3) is 0.514. The molecular weight excluding hydrogens is 764 g/mol. The van der Waals surface area contributed by atoms with Crippen LogP contribution in [-0.2, 0) is 41.2 Å². The van der Waals surface area contributed by atoms with Gasteiger partial charge < -0.3 is 35.2 Å². The summed E-state index contributed by atoms with van der Waals surface area (Å²) in [6.07, 6.45) is -4.65. The average molecular weight is 799 g/mol. The number of likely N-dealkylation sites (N-methyl/N-ethyl adjacent to an activating group) is 2. The third-order valence-electron chi connectivity index (χ3n) is 13.5. The second kappa shape index (κ2) is 10.3. The Hall–Kier alpha value is -3.32. The van der Waals surface area contributed by atoms with Gasteiger partial charge in [-0.2, -0.15) is 0 Å². The Bertz CT molecular complexity index is 2130. The number of nitrogens with one attached hydrogen (secondary N) is 2. The van der Waals surface area contributed by atoms with E-state index in [1.165, 1.54) is 61.5 Å². The van der Waals surface area contributed by atoms with Crippen LogP contribution in [0.4, 0.5) is 14.9 Å². The Morgan fingerprint density at radius 2 is 1.51 bits per heavy atom. The fourth-order valence-electron chi connectivity index (χ4n) is 11.3. The largest absolute Gasteiger partial charge is 0.441 e. The molecule has 1 aliphatic carbocycles. The van der Waals surface area contributed by atoms with Gasteiger partial charge in [-0.15, -0.1) is 0 Å². The fourth-order valence-corrected chi connectivity index (χ4v) is 19.2. The molecule has 0 aromatic heterocycles. The van der Waals surface area contributed by atoms with Crippen molar-refractivity contribution in [1.82, 2.24) is 24.9 Å². The van der Waals surface area contributed by atoms with E-state index in [-0.39, 0.29) is 24.3 Å². The average Bonchev–Trinajstić information content (AvgIpc) is 3.81. The number of halogens is 1. The number of carbonyl (C=O) groups is 5. The lowest BCUT2D eigenvalue weighted by molar-refractivity contribution is -0.168. The van der Waals surface area contributed by atoms with Crippen LogP contribution in [0.15, 0.2) is 42.5 Å². The lowest BCUT2D eigenvalue weighted by atomic mass is 9.51. The van der Waals surface area contributed by atoms with Crippen molar-refractivity contribution in [3.05, 3.63) is 65.0 Å². The van der Waals surface area contributed by atoms with Gasteiger partial charge in [-0.05, 0) is 75.7 Å². The first-order valence-electron chi connectivity index (χ1n) is 17.5. The Morgan fingerprint density at radius 3 is 2.17 bits per heavy atom. The molecule has 5 amide bonds. The van der Waals surface area contributed by atoms with Crippen LogP contribution in [-0.4, -0.2) is 119 Å². The first kappa shape index (κ1) is 34.2. The third kappa shape index (κ3) is 3.14. The number of aliphatic hydroxyl groups excluding tert-OH is 1. The minimum absolute atomic E-state index is 0.199. The van der Waals surface area contributed by atoms with Crippen LogP contribution in [0.25, 0.3) is 0 Å². The SMILES string of the molecule is CC[C@@]12SS[C@]3(C(=O)N1C)[C@@H](O)[C@]1([C@@]45c6cc(F)ccc6N[C@@H]4N4C(=O)[C@]6(CC)SS[C@]4(C(=O)N6C)[C@H]5OC(=O)NC)c4ccccc4C[C@@H]1N3C2=O. The summed E-state index contributed by atoms with van der Waals surface area (Å²) in [6.45, 7) is 3.67. The van der Waals surface area contributed by atoms with E-state index in [2.05, 4.69) is 10.6 Å². The van der Waals surface area contributed by atoms with Gasteiger partial charge in [-0.25, -0.2) is 9.18 Å². The van der Waals surface area contributed by atoms with E-state index in [1.54, 1.807) is 25.1 Å². The number of nitrogens with zero attached hydrogens (tertiary/aromatic N) is 4. The number of anilines is 1. The summed E-state index contributed by atoms with van der Waals surface area (Å²) < 4.78 is 22.5. The highest BCUT2D eigenvalue weighted by Crippen LogP contribution is 2.79. The summed E-state index contributed by atoms with van der Waals surface area (Å²) in [5.41, 5.74) is -1.61. The minimum Gasteiger partial charge on any atom is -0.441 e. The predicted molar refractivity (Wildman–Crippen MR) is 198 cm³/mol. The van der Waals surface area contributed by atoms with E-state index < -0.39 is 84.4 Å². The zero-order valence-corrected chi connectivity index (χ0v) is 32.4. The first-order valence-corrected chi connectivity index (χ1v) is 21.8. The number of carbonyl (C=O) groups excluding carboxylic acids is 5. The number of benzene rings is 2. The van der Waals surface area contributed by atoms with E-state index in [9.17, 15) is 14.7 Å². The predicted octanol–water partition coefficient (Wildman–Crippen LogP) is 2.79. The molecule has 8 fully saturated rings. The van der Waals surface area contributed by atoms with Gasteiger partial charge in [0.1, 0.15) is 18.1 Å². The molecule has 9 aliphatic heterocycles. The Balaban J connectivity index is 1.38. The molecule has 2 spiro atoms. The van der Waals surface area contributed by atoms with Crippen LogP contribution in [0, 0.1) is 5.82 Å². The number of piperazine rings is 2. The van der Waals surface area contributed by atoms with Gasteiger partial charge in [0.2, 0.25) is 9.74 Å². The lowest BCUT2D eigenvalue weighted by Gasteiger charge is -2.59. The summed E-state index contributed by atoms with van der Waals surface area (Å²) in [7, 11) is 9.25. The highest BCUT2D eigenvalue weighted by molar-refractivity contribution is 8.78. The van der Waals surface area contributed by atoms with Crippen molar-refractivity contribution in [2.24, 2.45) is 0 Å². The number of hydrogen-bond donors (Lipinski definition) is 3. The molecule has 3 N–H and O–H groups in total. The van der Waals surface area contributed by atoms with Crippen molar-refractivity contribution in [2.75, 3.05) is 26.5 Å². The van der Waals surface area contributed by atoms with Gasteiger partial charge in [-0.1, -0.05) is 59.7 Å². The van der Waals surface area contributed by atoms with Crippen molar-refractivity contribution < 1.29 is 38.2 Å². The van der Waals surface area contributed by atoms with Crippen LogP contribution in [0.2, 0.25) is 0 Å². The lowest BCUT2D eigenvalue weighted by Crippen LogP contribution is -2.78. The molecule has 10 aliphatic rings. The number of fused-ring (bicyclic) bond motifs is 11. The maximum absolute atomic E-state index is 16.0. The summed E-state index contributed by atoms with van der Waals surface area (Å²) in [4.78, 5) is 73.8. The molecule has 0 unspecified atom stereocenters. The molecule has 2 aromatic carbocycles. The van der Waals surface area contributed by atoms with Gasteiger partial charge in [0.25, 0.3) is 23.6 Å². The summed E-state index contributed by atoms with van der Waals surface area (Å²) in [6, 6.07) is 10.6. The van der Waals surface area contributed by atoms with E-state index in [0.717, 1.165) is 27.2 Å². The van der Waals surface area contributed by atoms with Gasteiger partial charge >= 0.3 is 6.09 Å². The van der Waals surface area contributed by atoms with Crippen molar-refractivity contribution in [2.45, 2.75) is 87.8 Å². The highest BCUT2D eigenvalue weighted by Gasteiger charge is 2.93. The van der Waals surface area contributed by atoms with E-state index in [0.29, 0.717) is 17.7 Å². The topological polar surface area (TPSA) is 152 Å². The molecule has 2 aromatic rings. The monoisotopic (exact) mass is 798 g/mol. The van der Waals surface area contributed by atoms with Gasteiger partial charge in [0.05, 0.1) is 16.9 Å². The maximum Gasteiger partial charge on any atom is 0.407 e. The second-order valence-corrected chi connectivity index (χ2v) is 20.1. The highest BCUT2D eigenvalue weighted by atomic mass is 33.1. The molecule has 10 atom stereocenters. The quantitative estimate of drug-likeness (QED) is 0.391. The minimum atomic E-state index is -1.91. The van der Waals surface area contributed by atoms with Crippen LogP contribution < -0.4 is 10.6 Å². The number of hydrogen-bond acceptors (Lipinski definition) is 12. The molecular formula is C35H35FN6O7S4. The number of amides is 5. The van der Waals surface area contributed by atoms with Crippen LogP contribution in [0.3, 0.4) is 0 Å². The molecule has 0 radical (unpaired) electrons. The number of rotatable bonds is 4. The summed E-state index contributed by atoms with van der Waals surface area (Å²) in [5.74, 6) is -2.34. The number of aliphatic hydroxyl groups is 1. The molecule has 4 bridgehead atoms. The molecule has 13 nitrogen and oxygen atoms in total. The summed E-state index contributed by atoms with van der Waals surface area (Å²) >= 11 is 0. The Kier molecular flexibility index (Phi) is 6.64. The van der Waals surface area contributed by atoms with Crippen molar-refractivity contribution in [3.8, 4) is 0 Å². The van der Waals surface area contributed by atoms with Crippen LogP contribution in [0.1, 0.15) is 43.4 Å². The Morgan fingerprint density at radius 1 is 0.887 bits per heavy atom. The third-order valence-corrected chi connectivity index (χ3v) is 21.1. The normalized spacial score (nSPS) is 42.3. The van der Waals surface area contributed by atoms with E-state index >= 15 is 18.8 Å². The van der Waals surface area contributed by atoms with Crippen LogP contribution in [0.5, 0.6) is 0 Å². The molecule has 8 saturated heterocycles. The number of ether oxygens (including phenoxy) is 1. The van der Waals surface area contributed by atoms with Gasteiger partial charge in [0.15, 0.2) is 15.8 Å². The van der Waals surface area contributed by atoms with Crippen molar-refractivity contribution >= 4 is 78.6 Å². The van der Waals surface area contributed by atoms with Gasteiger partial charge in [0, 0.05) is 26.8 Å². The molecule has 0 saturated carbocycles. The molecule has 12 rings (SSSR count). The van der Waals surface area contributed by atoms with Crippen molar-refractivity contribution in [3.63, 3.8) is 0 Å². The van der Waals surface area contributed by atoms with E-state index in [1.807, 2.05) is 32.0 Å². The Labute approximate surface area is 319 Å². The maximum atomic E-state index is 16.0. The second-order valence-electron chi connectivity index (χ2n) is 14.9. The number of alkyl carbamates (subject to hydrolysis) is 1. The first-order chi connectivity index (χ1) is 25.3. The molecule has 9 heterocycles. The smallest absolute Gasteiger partial charge is 0.407 e. The van der Waals surface area contributed by atoms with Crippen LogP contribution >= 0.6 is 43.2 Å². The van der Waals surface area contributed by atoms with Gasteiger partial charge in [-0.3, -0.25) is 24.1 Å². The molecule has 278 valence electrons.